The van der Waals surface area contributed by atoms with Crippen LogP contribution >= 0.6 is 11.3 Å². The molecule has 1 saturated heterocycles. The van der Waals surface area contributed by atoms with Crippen LogP contribution in [0.5, 0.6) is 0 Å². The number of likely N-dealkylation sites (tertiary alicyclic amines) is 1. The molecule has 17 heavy (non-hydrogen) atoms. The summed E-state index contributed by atoms with van der Waals surface area (Å²) < 4.78 is 0. The molecule has 1 unspecified atom stereocenters. The van der Waals surface area contributed by atoms with Crippen molar-refractivity contribution in [3.8, 4) is 0 Å². The highest BCUT2D eigenvalue weighted by atomic mass is 32.1. The van der Waals surface area contributed by atoms with Crippen LogP contribution in [0.2, 0.25) is 0 Å². The number of aromatic carboxylic acids is 1. The average molecular weight is 253 g/mol. The molecule has 1 aromatic rings. The standard InChI is InChI=1S/C13H19NO2S/c1-10-3-2-6-14(7-4-10)9-11-5-8-17-12(11)13(15)16/h5,8,10H,2-4,6-7,9H2,1H3,(H,15,16). The fourth-order valence-corrected chi connectivity index (χ4v) is 3.12. The first-order valence-corrected chi connectivity index (χ1v) is 7.07. The smallest absolute Gasteiger partial charge is 0.346 e. The average Bonchev–Trinajstić information content (AvgIpc) is 2.64. The van der Waals surface area contributed by atoms with Crippen molar-refractivity contribution in [1.29, 1.82) is 0 Å². The third-order valence-corrected chi connectivity index (χ3v) is 4.39. The van der Waals surface area contributed by atoms with Gasteiger partial charge in [-0.05, 0) is 55.3 Å². The Morgan fingerprint density at radius 1 is 1.53 bits per heavy atom. The van der Waals surface area contributed by atoms with E-state index in [-0.39, 0.29) is 0 Å². The first-order valence-electron chi connectivity index (χ1n) is 6.19. The van der Waals surface area contributed by atoms with Gasteiger partial charge in [0.1, 0.15) is 4.88 Å². The van der Waals surface area contributed by atoms with Crippen molar-refractivity contribution in [2.75, 3.05) is 13.1 Å². The van der Waals surface area contributed by atoms with Gasteiger partial charge in [0.05, 0.1) is 0 Å². The first kappa shape index (κ1) is 12.6. The molecule has 1 atom stereocenters. The molecule has 2 rings (SSSR count). The molecular weight excluding hydrogens is 234 g/mol. The highest BCUT2D eigenvalue weighted by Crippen LogP contribution is 2.22. The Balaban J connectivity index is 2.00. The number of carboxylic acids is 1. The third kappa shape index (κ3) is 3.30. The summed E-state index contributed by atoms with van der Waals surface area (Å²) in [4.78, 5) is 13.9. The minimum atomic E-state index is -0.793. The van der Waals surface area contributed by atoms with E-state index in [1.807, 2.05) is 11.4 Å². The number of rotatable bonds is 3. The molecule has 0 amide bonds. The van der Waals surface area contributed by atoms with Gasteiger partial charge < -0.3 is 5.11 Å². The fraction of sp³-hybridized carbons (Fsp3) is 0.615. The summed E-state index contributed by atoms with van der Waals surface area (Å²) in [5.41, 5.74) is 0.969. The summed E-state index contributed by atoms with van der Waals surface area (Å²) in [6.07, 6.45) is 3.76. The molecule has 94 valence electrons. The Bertz CT molecular complexity index is 389. The molecule has 0 radical (unpaired) electrons. The lowest BCUT2D eigenvalue weighted by Gasteiger charge is -2.19. The maximum Gasteiger partial charge on any atom is 0.346 e. The van der Waals surface area contributed by atoms with Crippen molar-refractivity contribution in [2.45, 2.75) is 32.7 Å². The van der Waals surface area contributed by atoms with E-state index in [1.54, 1.807) is 0 Å². The zero-order chi connectivity index (χ0) is 12.3. The second-order valence-electron chi connectivity index (χ2n) is 4.89. The number of hydrogen-bond acceptors (Lipinski definition) is 3. The van der Waals surface area contributed by atoms with Crippen molar-refractivity contribution in [3.05, 3.63) is 21.9 Å². The fourth-order valence-electron chi connectivity index (χ4n) is 2.37. The lowest BCUT2D eigenvalue weighted by molar-refractivity contribution is 0.0700. The summed E-state index contributed by atoms with van der Waals surface area (Å²) in [5.74, 6) is 0.0135. The zero-order valence-corrected chi connectivity index (χ0v) is 11.0. The van der Waals surface area contributed by atoms with Gasteiger partial charge in [-0.2, -0.15) is 0 Å². The summed E-state index contributed by atoms with van der Waals surface area (Å²) in [6, 6.07) is 1.95. The lowest BCUT2D eigenvalue weighted by atomic mass is 10.0. The molecule has 3 nitrogen and oxygen atoms in total. The second kappa shape index (κ2) is 5.65. The SMILES string of the molecule is CC1CCCN(Cc2ccsc2C(=O)O)CC1. The van der Waals surface area contributed by atoms with Gasteiger partial charge in [0, 0.05) is 6.54 Å². The second-order valence-corrected chi connectivity index (χ2v) is 5.81. The van der Waals surface area contributed by atoms with Crippen molar-refractivity contribution in [1.82, 2.24) is 4.90 Å². The largest absolute Gasteiger partial charge is 0.477 e. The van der Waals surface area contributed by atoms with Crippen LogP contribution in [0.15, 0.2) is 11.4 Å². The van der Waals surface area contributed by atoms with Gasteiger partial charge in [-0.15, -0.1) is 11.3 Å². The first-order chi connectivity index (χ1) is 8.16. The van der Waals surface area contributed by atoms with Crippen LogP contribution in [0.1, 0.15) is 41.4 Å². The molecule has 4 heteroatoms. The molecule has 1 aliphatic rings. The topological polar surface area (TPSA) is 40.5 Å². The third-order valence-electron chi connectivity index (χ3n) is 3.44. The molecular formula is C13H19NO2S. The van der Waals surface area contributed by atoms with E-state index in [9.17, 15) is 4.79 Å². The molecule has 1 aliphatic heterocycles. The number of hydrogen-bond donors (Lipinski definition) is 1. The number of carbonyl (C=O) groups is 1. The summed E-state index contributed by atoms with van der Waals surface area (Å²) in [5, 5.41) is 10.9. The Labute approximate surface area is 106 Å². The molecule has 0 aliphatic carbocycles. The van der Waals surface area contributed by atoms with Crippen LogP contribution in [-0.4, -0.2) is 29.1 Å². The molecule has 0 aromatic carbocycles. The molecule has 0 spiro atoms. The van der Waals surface area contributed by atoms with Gasteiger partial charge in [0.2, 0.25) is 0 Å². The van der Waals surface area contributed by atoms with Crippen LogP contribution < -0.4 is 0 Å². The summed E-state index contributed by atoms with van der Waals surface area (Å²) in [7, 11) is 0. The Morgan fingerprint density at radius 3 is 3.12 bits per heavy atom. The van der Waals surface area contributed by atoms with Gasteiger partial charge in [0.15, 0.2) is 0 Å². The lowest BCUT2D eigenvalue weighted by Crippen LogP contribution is -2.24. The summed E-state index contributed by atoms with van der Waals surface area (Å²) in [6.45, 7) is 5.28. The Kier molecular flexibility index (Phi) is 4.18. The quantitative estimate of drug-likeness (QED) is 0.900. The molecule has 1 aromatic heterocycles. The number of carboxylic acid groups (broad SMARTS) is 1. The predicted molar refractivity (Wildman–Crippen MR) is 69.6 cm³/mol. The monoisotopic (exact) mass is 253 g/mol. The molecule has 0 bridgehead atoms. The maximum absolute atomic E-state index is 11.0. The van der Waals surface area contributed by atoms with Crippen molar-refractivity contribution in [2.24, 2.45) is 5.92 Å². The number of thiophene rings is 1. The maximum atomic E-state index is 11.0. The van der Waals surface area contributed by atoms with Crippen LogP contribution in [0, 0.1) is 5.92 Å². The predicted octanol–water partition coefficient (Wildman–Crippen LogP) is 3.07. The van der Waals surface area contributed by atoms with Crippen LogP contribution in [-0.2, 0) is 6.54 Å². The molecule has 0 saturated carbocycles. The van der Waals surface area contributed by atoms with E-state index >= 15 is 0 Å². The Hall–Kier alpha value is -0.870. The van der Waals surface area contributed by atoms with Gasteiger partial charge >= 0.3 is 5.97 Å². The van der Waals surface area contributed by atoms with Gasteiger partial charge in [0.25, 0.3) is 0 Å². The van der Waals surface area contributed by atoms with Crippen LogP contribution in [0.3, 0.4) is 0 Å². The van der Waals surface area contributed by atoms with E-state index in [1.165, 1.54) is 30.6 Å². The normalized spacial score (nSPS) is 22.3. The van der Waals surface area contributed by atoms with Gasteiger partial charge in [-0.25, -0.2) is 4.79 Å². The number of nitrogens with zero attached hydrogens (tertiary/aromatic N) is 1. The van der Waals surface area contributed by atoms with E-state index in [0.717, 1.165) is 31.1 Å². The van der Waals surface area contributed by atoms with Crippen LogP contribution in [0.25, 0.3) is 0 Å². The van der Waals surface area contributed by atoms with E-state index in [0.29, 0.717) is 4.88 Å². The van der Waals surface area contributed by atoms with E-state index in [4.69, 9.17) is 5.11 Å². The van der Waals surface area contributed by atoms with E-state index in [2.05, 4.69) is 11.8 Å². The minimum absolute atomic E-state index is 0.502. The van der Waals surface area contributed by atoms with Crippen molar-refractivity contribution < 1.29 is 9.90 Å². The van der Waals surface area contributed by atoms with Crippen LogP contribution in [0.4, 0.5) is 0 Å². The Morgan fingerprint density at radius 2 is 2.35 bits per heavy atom. The van der Waals surface area contributed by atoms with Crippen molar-refractivity contribution >= 4 is 17.3 Å². The molecule has 2 heterocycles. The summed E-state index contributed by atoms with van der Waals surface area (Å²) >= 11 is 1.33. The van der Waals surface area contributed by atoms with Crippen molar-refractivity contribution in [3.63, 3.8) is 0 Å². The minimum Gasteiger partial charge on any atom is -0.477 e. The highest BCUT2D eigenvalue weighted by molar-refractivity contribution is 7.12. The highest BCUT2D eigenvalue weighted by Gasteiger charge is 2.17. The molecule has 1 fully saturated rings. The zero-order valence-electron chi connectivity index (χ0n) is 10.2. The van der Waals surface area contributed by atoms with Gasteiger partial charge in [-0.1, -0.05) is 6.92 Å². The van der Waals surface area contributed by atoms with E-state index < -0.39 is 5.97 Å². The van der Waals surface area contributed by atoms with Gasteiger partial charge in [-0.3, -0.25) is 4.90 Å². The molecule has 1 N–H and O–H groups in total.